The fourth-order valence-electron chi connectivity index (χ4n) is 2.25. The van der Waals surface area contributed by atoms with E-state index in [1.807, 2.05) is 18.5 Å². The number of aromatic nitrogens is 2. The first kappa shape index (κ1) is 9.84. The van der Waals surface area contributed by atoms with Gasteiger partial charge in [0.1, 0.15) is 0 Å². The first-order chi connectivity index (χ1) is 7.74. The van der Waals surface area contributed by atoms with Crippen LogP contribution in [0.5, 0.6) is 0 Å². The summed E-state index contributed by atoms with van der Waals surface area (Å²) in [6.07, 6.45) is 4.53. The highest BCUT2D eigenvalue weighted by Gasteiger charge is 2.23. The second-order valence-corrected chi connectivity index (χ2v) is 5.08. The van der Waals surface area contributed by atoms with E-state index in [2.05, 4.69) is 14.7 Å². The Hall–Kier alpha value is -1.36. The zero-order valence-electron chi connectivity index (χ0n) is 9.06. The molecule has 1 saturated heterocycles. The Morgan fingerprint density at radius 1 is 1.69 bits per heavy atom. The molecule has 3 heterocycles. The van der Waals surface area contributed by atoms with Gasteiger partial charge in [-0.2, -0.15) is 0 Å². The van der Waals surface area contributed by atoms with Crippen LogP contribution in [-0.2, 0) is 11.2 Å². The van der Waals surface area contributed by atoms with Crippen LogP contribution in [0.15, 0.2) is 11.6 Å². The molecule has 1 aliphatic heterocycles. The normalized spacial score (nSPS) is 20.6. The Labute approximate surface area is 97.3 Å². The molecule has 16 heavy (non-hydrogen) atoms. The number of rotatable bonds is 2. The van der Waals surface area contributed by atoms with Crippen molar-refractivity contribution in [2.24, 2.45) is 0 Å². The van der Waals surface area contributed by atoms with Crippen molar-refractivity contribution in [3.63, 3.8) is 0 Å². The number of hydrogen-bond donors (Lipinski definition) is 1. The smallest absolute Gasteiger partial charge is 0.220 e. The van der Waals surface area contributed by atoms with Crippen LogP contribution in [0.25, 0.3) is 4.96 Å². The molecule has 1 atom stereocenters. The molecule has 3 rings (SSSR count). The molecule has 0 bridgehead atoms. The molecule has 2 aromatic heterocycles. The fourth-order valence-corrected chi connectivity index (χ4v) is 3.03. The summed E-state index contributed by atoms with van der Waals surface area (Å²) in [5, 5.41) is 5.04. The number of aryl methyl sites for hydroxylation is 1. The Bertz CT molecular complexity index is 542. The summed E-state index contributed by atoms with van der Waals surface area (Å²) in [4.78, 5) is 16.7. The fraction of sp³-hybridized carbons (Fsp3) is 0.455. The Morgan fingerprint density at radius 2 is 2.56 bits per heavy atom. The number of amides is 1. The van der Waals surface area contributed by atoms with E-state index in [1.165, 1.54) is 5.69 Å². The van der Waals surface area contributed by atoms with E-state index in [1.54, 1.807) is 11.3 Å². The molecule has 0 aromatic carbocycles. The average molecular weight is 235 g/mol. The molecule has 1 aliphatic rings. The predicted octanol–water partition coefficient (Wildman–Crippen LogP) is 1.53. The van der Waals surface area contributed by atoms with E-state index in [9.17, 15) is 4.79 Å². The highest BCUT2D eigenvalue weighted by molar-refractivity contribution is 7.15. The van der Waals surface area contributed by atoms with Gasteiger partial charge in [-0.1, -0.05) is 0 Å². The van der Waals surface area contributed by atoms with Crippen molar-refractivity contribution in [2.75, 3.05) is 0 Å². The van der Waals surface area contributed by atoms with Gasteiger partial charge >= 0.3 is 0 Å². The molecule has 5 heteroatoms. The molecule has 0 aliphatic carbocycles. The number of thiazole rings is 1. The predicted molar refractivity (Wildman–Crippen MR) is 62.7 cm³/mol. The monoisotopic (exact) mass is 235 g/mol. The third kappa shape index (κ3) is 1.51. The van der Waals surface area contributed by atoms with Crippen LogP contribution in [-0.4, -0.2) is 21.3 Å². The van der Waals surface area contributed by atoms with Crippen molar-refractivity contribution in [1.29, 1.82) is 0 Å². The van der Waals surface area contributed by atoms with Crippen LogP contribution < -0.4 is 5.32 Å². The number of carbonyl (C=O) groups excluding carboxylic acids is 1. The van der Waals surface area contributed by atoms with E-state index < -0.39 is 0 Å². The van der Waals surface area contributed by atoms with Crippen LogP contribution in [0.4, 0.5) is 0 Å². The van der Waals surface area contributed by atoms with E-state index in [-0.39, 0.29) is 11.9 Å². The second kappa shape index (κ2) is 3.59. The molecule has 0 saturated carbocycles. The molecular formula is C11H13N3OS. The van der Waals surface area contributed by atoms with Gasteiger partial charge in [-0.3, -0.25) is 9.20 Å². The number of nitrogens with one attached hydrogen (secondary N) is 1. The number of carbonyl (C=O) groups is 1. The van der Waals surface area contributed by atoms with Crippen LogP contribution in [0.1, 0.15) is 24.2 Å². The van der Waals surface area contributed by atoms with Gasteiger partial charge in [-0.15, -0.1) is 11.3 Å². The van der Waals surface area contributed by atoms with E-state index >= 15 is 0 Å². The minimum Gasteiger partial charge on any atom is -0.353 e. The van der Waals surface area contributed by atoms with Crippen molar-refractivity contribution < 1.29 is 4.79 Å². The maximum absolute atomic E-state index is 11.1. The minimum atomic E-state index is 0.175. The second-order valence-electron chi connectivity index (χ2n) is 4.21. The van der Waals surface area contributed by atoms with Crippen LogP contribution >= 0.6 is 11.3 Å². The van der Waals surface area contributed by atoms with E-state index in [4.69, 9.17) is 0 Å². The molecule has 1 unspecified atom stereocenters. The van der Waals surface area contributed by atoms with Crippen LogP contribution in [0.3, 0.4) is 0 Å². The first-order valence-electron chi connectivity index (χ1n) is 5.44. The zero-order valence-corrected chi connectivity index (χ0v) is 9.88. The molecule has 1 N–H and O–H groups in total. The Balaban J connectivity index is 1.90. The molecule has 1 amide bonds. The molecule has 0 radical (unpaired) electrons. The number of imidazole rings is 1. The molecule has 4 nitrogen and oxygen atoms in total. The van der Waals surface area contributed by atoms with Crippen molar-refractivity contribution >= 4 is 22.2 Å². The molecule has 1 fully saturated rings. The van der Waals surface area contributed by atoms with Crippen LogP contribution in [0, 0.1) is 6.92 Å². The summed E-state index contributed by atoms with van der Waals surface area (Å²) in [6, 6.07) is 0.283. The van der Waals surface area contributed by atoms with Gasteiger partial charge in [0.25, 0.3) is 0 Å². The van der Waals surface area contributed by atoms with E-state index in [0.717, 1.165) is 23.5 Å². The lowest BCUT2D eigenvalue weighted by Crippen LogP contribution is -2.27. The van der Waals surface area contributed by atoms with Crippen LogP contribution in [0.2, 0.25) is 0 Å². The molecular weight excluding hydrogens is 222 g/mol. The minimum absolute atomic E-state index is 0.175. The van der Waals surface area contributed by atoms with Gasteiger partial charge in [0, 0.05) is 36.2 Å². The number of fused-ring (bicyclic) bond motifs is 1. The summed E-state index contributed by atoms with van der Waals surface area (Å²) in [5.41, 5.74) is 2.30. The maximum atomic E-state index is 11.1. The summed E-state index contributed by atoms with van der Waals surface area (Å²) in [6.45, 7) is 2.03. The summed E-state index contributed by atoms with van der Waals surface area (Å²) in [7, 11) is 0. The van der Waals surface area contributed by atoms with E-state index in [0.29, 0.717) is 6.42 Å². The standard InChI is InChI=1S/C11H13N3OS/c1-7-9(6-8-2-3-10(15)13-8)14-4-5-16-11(14)12-7/h4-5,8H,2-3,6H2,1H3,(H,13,15). The van der Waals surface area contributed by atoms with Gasteiger partial charge in [-0.25, -0.2) is 4.98 Å². The van der Waals surface area contributed by atoms with Crippen molar-refractivity contribution in [3.05, 3.63) is 23.0 Å². The molecule has 2 aromatic rings. The quantitative estimate of drug-likeness (QED) is 0.858. The van der Waals surface area contributed by atoms with Gasteiger partial charge in [0.05, 0.1) is 5.69 Å². The molecule has 0 spiro atoms. The first-order valence-corrected chi connectivity index (χ1v) is 6.32. The third-order valence-corrected chi connectivity index (χ3v) is 3.84. The lowest BCUT2D eigenvalue weighted by Gasteiger charge is -2.09. The summed E-state index contributed by atoms with van der Waals surface area (Å²) < 4.78 is 2.13. The Morgan fingerprint density at radius 3 is 3.31 bits per heavy atom. The Kier molecular flexibility index (Phi) is 2.21. The lowest BCUT2D eigenvalue weighted by molar-refractivity contribution is -0.119. The summed E-state index contributed by atoms with van der Waals surface area (Å²) >= 11 is 1.65. The summed E-state index contributed by atoms with van der Waals surface area (Å²) in [5.74, 6) is 0.175. The van der Waals surface area contributed by atoms with Gasteiger partial charge in [0.15, 0.2) is 4.96 Å². The lowest BCUT2D eigenvalue weighted by atomic mass is 10.1. The SMILES string of the molecule is Cc1nc2sccn2c1CC1CCC(=O)N1. The number of hydrogen-bond acceptors (Lipinski definition) is 3. The number of nitrogens with zero attached hydrogens (tertiary/aromatic N) is 2. The highest BCUT2D eigenvalue weighted by atomic mass is 32.1. The van der Waals surface area contributed by atoms with Crippen molar-refractivity contribution in [3.8, 4) is 0 Å². The average Bonchev–Trinajstić information content (AvgIpc) is 2.88. The molecule has 84 valence electrons. The largest absolute Gasteiger partial charge is 0.353 e. The van der Waals surface area contributed by atoms with Gasteiger partial charge in [-0.05, 0) is 13.3 Å². The highest BCUT2D eigenvalue weighted by Crippen LogP contribution is 2.20. The topological polar surface area (TPSA) is 46.4 Å². The third-order valence-electron chi connectivity index (χ3n) is 3.09. The van der Waals surface area contributed by atoms with Gasteiger partial charge in [0.2, 0.25) is 5.91 Å². The van der Waals surface area contributed by atoms with Crippen molar-refractivity contribution in [1.82, 2.24) is 14.7 Å². The zero-order chi connectivity index (χ0) is 11.1. The maximum Gasteiger partial charge on any atom is 0.220 e. The van der Waals surface area contributed by atoms with Gasteiger partial charge < -0.3 is 5.32 Å². The van der Waals surface area contributed by atoms with Crippen molar-refractivity contribution in [2.45, 2.75) is 32.2 Å².